The maximum atomic E-state index is 14.2. The number of benzene rings is 1. The van der Waals surface area contributed by atoms with Crippen LogP contribution in [0.15, 0.2) is 12.1 Å². The van der Waals surface area contributed by atoms with E-state index in [0.29, 0.717) is 25.7 Å². The topological polar surface area (TPSA) is 91.3 Å². The van der Waals surface area contributed by atoms with E-state index in [2.05, 4.69) is 0 Å². The van der Waals surface area contributed by atoms with Crippen molar-refractivity contribution in [1.29, 1.82) is 0 Å². The van der Waals surface area contributed by atoms with Gasteiger partial charge in [0.05, 0.1) is 26.4 Å². The van der Waals surface area contributed by atoms with Gasteiger partial charge in [0.25, 0.3) is 0 Å². The Kier molecular flexibility index (Phi) is 12.1. The van der Waals surface area contributed by atoms with Crippen LogP contribution >= 0.6 is 15.2 Å². The highest BCUT2D eigenvalue weighted by molar-refractivity contribution is 7.72. The monoisotopic (exact) mass is 504 g/mol. The molecule has 7 nitrogen and oxygen atoms in total. The zero-order valence-corrected chi connectivity index (χ0v) is 22.5. The molecule has 1 aromatic carbocycles. The van der Waals surface area contributed by atoms with Crippen LogP contribution in [0.2, 0.25) is 0 Å². The van der Waals surface area contributed by atoms with E-state index in [1.807, 2.05) is 33.8 Å². The van der Waals surface area contributed by atoms with Crippen LogP contribution in [0.5, 0.6) is 5.75 Å². The molecule has 0 saturated heterocycles. The second-order valence-electron chi connectivity index (χ2n) is 8.51. The molecule has 1 N–H and O–H groups in total. The van der Waals surface area contributed by atoms with Crippen molar-refractivity contribution in [3.63, 3.8) is 0 Å². The van der Waals surface area contributed by atoms with Gasteiger partial charge in [-0.05, 0) is 80.5 Å². The van der Waals surface area contributed by atoms with E-state index in [1.54, 1.807) is 6.07 Å². The van der Waals surface area contributed by atoms with Gasteiger partial charge in [0.15, 0.2) is 5.40 Å². The number of hydrogen-bond acceptors (Lipinski definition) is 7. The first kappa shape index (κ1) is 28.6. The number of hydrogen-bond donors (Lipinski definition) is 1. The lowest BCUT2D eigenvalue weighted by molar-refractivity contribution is 0.180. The molecule has 0 fully saturated rings. The summed E-state index contributed by atoms with van der Waals surface area (Å²) in [5.41, 5.74) is 2.87. The van der Waals surface area contributed by atoms with Gasteiger partial charge < -0.3 is 23.2 Å². The van der Waals surface area contributed by atoms with Crippen molar-refractivity contribution in [1.82, 2.24) is 0 Å². The number of aromatic hydroxyl groups is 1. The highest BCUT2D eigenvalue weighted by Crippen LogP contribution is 2.71. The number of rotatable bonds is 16. The summed E-state index contributed by atoms with van der Waals surface area (Å²) >= 11 is 0. The van der Waals surface area contributed by atoms with E-state index in [-0.39, 0.29) is 38.6 Å². The molecular formula is C24H42O7P2. The number of phenolic OH excluding ortho intramolecular Hbond substituents is 1. The molecule has 190 valence electrons. The van der Waals surface area contributed by atoms with Gasteiger partial charge >= 0.3 is 15.2 Å². The van der Waals surface area contributed by atoms with Gasteiger partial charge in [-0.1, -0.05) is 33.8 Å². The predicted molar refractivity (Wildman–Crippen MR) is 132 cm³/mol. The molecule has 0 spiro atoms. The van der Waals surface area contributed by atoms with Gasteiger partial charge in [0.2, 0.25) is 0 Å². The van der Waals surface area contributed by atoms with Crippen LogP contribution in [0.25, 0.3) is 0 Å². The average molecular weight is 505 g/mol. The Balaban J connectivity index is 2.57. The van der Waals surface area contributed by atoms with Crippen molar-refractivity contribution < 1.29 is 32.3 Å². The Morgan fingerprint density at radius 2 is 1.18 bits per heavy atom. The smallest absolute Gasteiger partial charge is 0.346 e. The van der Waals surface area contributed by atoms with Crippen LogP contribution in [0.4, 0.5) is 0 Å². The fourth-order valence-corrected chi connectivity index (χ4v) is 9.61. The number of phenols is 1. The predicted octanol–water partition coefficient (Wildman–Crippen LogP) is 7.23. The summed E-state index contributed by atoms with van der Waals surface area (Å²) < 4.78 is 51.8. The molecule has 0 atom stereocenters. The molecule has 9 heteroatoms. The molecule has 1 aromatic rings. The van der Waals surface area contributed by atoms with Crippen LogP contribution in [0, 0.1) is 0 Å². The fraction of sp³-hybridized carbons (Fsp3) is 0.750. The van der Waals surface area contributed by atoms with Gasteiger partial charge in [0.1, 0.15) is 5.75 Å². The molecule has 0 unspecified atom stereocenters. The van der Waals surface area contributed by atoms with E-state index in [4.69, 9.17) is 18.1 Å². The minimum atomic E-state index is -3.85. The zero-order valence-electron chi connectivity index (χ0n) is 20.7. The summed E-state index contributed by atoms with van der Waals surface area (Å²) in [6.07, 6.45) is 6.42. The summed E-state index contributed by atoms with van der Waals surface area (Å²) in [6, 6.07) is 3.51. The molecule has 0 aliphatic heterocycles. The van der Waals surface area contributed by atoms with Crippen LogP contribution in [-0.2, 0) is 46.5 Å². The molecule has 0 amide bonds. The van der Waals surface area contributed by atoms with E-state index in [9.17, 15) is 14.2 Å². The van der Waals surface area contributed by atoms with Crippen LogP contribution < -0.4 is 0 Å². The van der Waals surface area contributed by atoms with Gasteiger partial charge in [0, 0.05) is 0 Å². The summed E-state index contributed by atoms with van der Waals surface area (Å²) in [5, 5.41) is 9.32. The second kappa shape index (κ2) is 14.0. The van der Waals surface area contributed by atoms with Crippen molar-refractivity contribution in [3.8, 4) is 5.75 Å². The molecule has 0 aromatic heterocycles. The third-order valence-electron chi connectivity index (χ3n) is 5.64. The molecule has 0 heterocycles. The van der Waals surface area contributed by atoms with Crippen LogP contribution in [0.1, 0.15) is 82.9 Å². The average Bonchev–Trinajstić information content (AvgIpc) is 2.83. The fourth-order valence-electron chi connectivity index (χ4n) is 4.00. The van der Waals surface area contributed by atoms with Crippen LogP contribution in [0.3, 0.4) is 0 Å². The van der Waals surface area contributed by atoms with Gasteiger partial charge in [-0.15, -0.1) is 0 Å². The Labute approximate surface area is 199 Å². The standard InChI is InChI=1S/C24H42O7P2/c1-5-15-28-32(26,29-16-6-2)24(33(27,30-17-7-3)31-18-8-4)19-20-13-14-23(25)22-12-10-9-11-21(20)22/h13-14,24-25H,5-12,15-19H2,1-4H3. The number of fused-ring (bicyclic) bond motifs is 1. The largest absolute Gasteiger partial charge is 0.508 e. The van der Waals surface area contributed by atoms with Crippen molar-refractivity contribution in [2.75, 3.05) is 26.4 Å². The summed E-state index contributed by atoms with van der Waals surface area (Å²) in [6.45, 7) is 8.62. The normalized spacial score (nSPS) is 14.6. The van der Waals surface area contributed by atoms with Gasteiger partial charge in [-0.2, -0.15) is 0 Å². The van der Waals surface area contributed by atoms with Gasteiger partial charge in [-0.25, -0.2) is 0 Å². The summed E-state index contributed by atoms with van der Waals surface area (Å²) in [7, 11) is -7.71. The first-order chi connectivity index (χ1) is 15.8. The molecule has 0 radical (unpaired) electrons. The lowest BCUT2D eigenvalue weighted by Crippen LogP contribution is -2.22. The Hall–Kier alpha value is -0.680. The summed E-state index contributed by atoms with van der Waals surface area (Å²) in [4.78, 5) is 0. The minimum Gasteiger partial charge on any atom is -0.508 e. The maximum Gasteiger partial charge on any atom is 0.346 e. The third-order valence-corrected chi connectivity index (χ3v) is 11.3. The van der Waals surface area contributed by atoms with Crippen LogP contribution in [-0.4, -0.2) is 36.9 Å². The Morgan fingerprint density at radius 1 is 0.758 bits per heavy atom. The first-order valence-corrected chi connectivity index (χ1v) is 15.7. The quantitative estimate of drug-likeness (QED) is 0.237. The van der Waals surface area contributed by atoms with Gasteiger partial charge in [-0.3, -0.25) is 9.13 Å². The maximum absolute atomic E-state index is 14.2. The lowest BCUT2D eigenvalue weighted by atomic mass is 9.87. The van der Waals surface area contributed by atoms with E-state index >= 15 is 0 Å². The molecule has 0 saturated carbocycles. The third kappa shape index (κ3) is 7.65. The van der Waals surface area contributed by atoms with E-state index in [1.165, 1.54) is 0 Å². The highest BCUT2D eigenvalue weighted by atomic mass is 31.2. The Bertz CT molecular complexity index is 769. The molecule has 1 aliphatic rings. The van der Waals surface area contributed by atoms with Crippen molar-refractivity contribution in [2.45, 2.75) is 90.9 Å². The summed E-state index contributed by atoms with van der Waals surface area (Å²) in [5.74, 6) is 0.283. The second-order valence-corrected chi connectivity index (χ2v) is 13.4. The highest BCUT2D eigenvalue weighted by Gasteiger charge is 2.51. The minimum absolute atomic E-state index is 0.179. The lowest BCUT2D eigenvalue weighted by Gasteiger charge is -2.33. The van der Waals surface area contributed by atoms with E-state index in [0.717, 1.165) is 42.4 Å². The first-order valence-electron chi connectivity index (χ1n) is 12.4. The molecule has 0 bridgehead atoms. The van der Waals surface area contributed by atoms with E-state index < -0.39 is 20.6 Å². The molecule has 1 aliphatic carbocycles. The molecule has 33 heavy (non-hydrogen) atoms. The van der Waals surface area contributed by atoms with Crippen molar-refractivity contribution in [2.24, 2.45) is 0 Å². The van der Waals surface area contributed by atoms with Crippen molar-refractivity contribution in [3.05, 3.63) is 28.8 Å². The zero-order chi connectivity index (χ0) is 24.3. The molecule has 2 rings (SSSR count). The molecular weight excluding hydrogens is 462 g/mol. The van der Waals surface area contributed by atoms with Crippen molar-refractivity contribution >= 4 is 15.2 Å². The Morgan fingerprint density at radius 3 is 1.61 bits per heavy atom. The SMILES string of the molecule is CCCOP(=O)(OCCC)C(Cc1ccc(O)c2c1CCCC2)P(=O)(OCCC)OCCC.